The van der Waals surface area contributed by atoms with Crippen molar-refractivity contribution >= 4 is 5.91 Å². The highest BCUT2D eigenvalue weighted by Crippen LogP contribution is 2.26. The summed E-state index contributed by atoms with van der Waals surface area (Å²) in [5, 5.41) is 6.62. The monoisotopic (exact) mass is 306 g/mol. The first kappa shape index (κ1) is 16.2. The standard InChI is InChI=1S/C16H19FN2O3/c1-3-21-9-5-8-18-16(20)14-11(2)19-22-15(14)12-6-4-7-13(17)10-12/h4,6-7,10H,3,5,8-9H2,1-2H3,(H,18,20). The predicted molar refractivity (Wildman–Crippen MR) is 80.1 cm³/mol. The number of carbonyl (C=O) groups is 1. The van der Waals surface area contributed by atoms with Crippen LogP contribution in [0.25, 0.3) is 11.3 Å². The van der Waals surface area contributed by atoms with E-state index in [-0.39, 0.29) is 11.7 Å². The van der Waals surface area contributed by atoms with Gasteiger partial charge in [-0.25, -0.2) is 4.39 Å². The number of ether oxygens (including phenoxy) is 1. The molecule has 0 saturated carbocycles. The zero-order chi connectivity index (χ0) is 15.9. The Labute approximate surface area is 128 Å². The summed E-state index contributed by atoms with van der Waals surface area (Å²) in [6.45, 7) is 5.34. The maximum absolute atomic E-state index is 13.3. The van der Waals surface area contributed by atoms with Crippen molar-refractivity contribution in [2.24, 2.45) is 0 Å². The lowest BCUT2D eigenvalue weighted by molar-refractivity contribution is 0.0944. The minimum absolute atomic E-state index is 0.277. The lowest BCUT2D eigenvalue weighted by Gasteiger charge is -2.06. The molecule has 6 heteroatoms. The Morgan fingerprint density at radius 3 is 3.00 bits per heavy atom. The van der Waals surface area contributed by atoms with Gasteiger partial charge in [0.15, 0.2) is 5.76 Å². The highest BCUT2D eigenvalue weighted by molar-refractivity contribution is 6.00. The van der Waals surface area contributed by atoms with Crippen molar-refractivity contribution in [1.29, 1.82) is 0 Å². The highest BCUT2D eigenvalue weighted by Gasteiger charge is 2.21. The fourth-order valence-corrected chi connectivity index (χ4v) is 2.07. The first-order chi connectivity index (χ1) is 10.6. The third-order valence-corrected chi connectivity index (χ3v) is 3.13. The molecule has 5 nitrogen and oxygen atoms in total. The van der Waals surface area contributed by atoms with Crippen LogP contribution in [0.3, 0.4) is 0 Å². The number of benzene rings is 1. The number of halogens is 1. The van der Waals surface area contributed by atoms with Crippen LogP contribution >= 0.6 is 0 Å². The van der Waals surface area contributed by atoms with E-state index in [0.29, 0.717) is 36.6 Å². The van der Waals surface area contributed by atoms with Gasteiger partial charge in [-0.05, 0) is 32.4 Å². The van der Waals surface area contributed by atoms with E-state index >= 15 is 0 Å². The minimum atomic E-state index is -0.394. The molecule has 0 saturated heterocycles. The lowest BCUT2D eigenvalue weighted by Crippen LogP contribution is -2.26. The van der Waals surface area contributed by atoms with E-state index in [1.165, 1.54) is 12.1 Å². The van der Waals surface area contributed by atoms with Gasteiger partial charge in [0.1, 0.15) is 11.4 Å². The topological polar surface area (TPSA) is 64.4 Å². The number of aryl methyl sites for hydroxylation is 1. The van der Waals surface area contributed by atoms with Gasteiger partial charge in [0.25, 0.3) is 5.91 Å². The number of amides is 1. The number of hydrogen-bond acceptors (Lipinski definition) is 4. The van der Waals surface area contributed by atoms with E-state index in [4.69, 9.17) is 9.26 Å². The quantitative estimate of drug-likeness (QED) is 0.799. The van der Waals surface area contributed by atoms with Crippen molar-refractivity contribution in [2.75, 3.05) is 19.8 Å². The van der Waals surface area contributed by atoms with Crippen molar-refractivity contribution in [2.45, 2.75) is 20.3 Å². The van der Waals surface area contributed by atoms with Crippen LogP contribution < -0.4 is 5.32 Å². The van der Waals surface area contributed by atoms with Crippen LogP contribution in [0.2, 0.25) is 0 Å². The molecule has 0 unspecified atom stereocenters. The maximum Gasteiger partial charge on any atom is 0.257 e. The molecule has 0 spiro atoms. The molecular weight excluding hydrogens is 287 g/mol. The number of nitrogens with zero attached hydrogens (tertiary/aromatic N) is 1. The molecule has 2 aromatic rings. The Morgan fingerprint density at radius 2 is 2.27 bits per heavy atom. The molecule has 118 valence electrons. The number of aromatic nitrogens is 1. The van der Waals surface area contributed by atoms with Crippen molar-refractivity contribution < 1.29 is 18.4 Å². The van der Waals surface area contributed by atoms with Crippen LogP contribution in [-0.4, -0.2) is 30.8 Å². The summed E-state index contributed by atoms with van der Waals surface area (Å²) in [5.41, 5.74) is 1.30. The Hall–Kier alpha value is -2.21. The largest absolute Gasteiger partial charge is 0.382 e. The summed E-state index contributed by atoms with van der Waals surface area (Å²) in [6, 6.07) is 5.88. The van der Waals surface area contributed by atoms with Crippen LogP contribution in [0.1, 0.15) is 29.4 Å². The Morgan fingerprint density at radius 1 is 1.45 bits per heavy atom. The molecule has 1 heterocycles. The van der Waals surface area contributed by atoms with Gasteiger partial charge in [0.05, 0.1) is 5.69 Å². The van der Waals surface area contributed by atoms with Crippen LogP contribution in [0.5, 0.6) is 0 Å². The maximum atomic E-state index is 13.3. The number of hydrogen-bond donors (Lipinski definition) is 1. The smallest absolute Gasteiger partial charge is 0.257 e. The molecule has 0 radical (unpaired) electrons. The fraction of sp³-hybridized carbons (Fsp3) is 0.375. The predicted octanol–water partition coefficient (Wildman–Crippen LogP) is 2.95. The molecule has 0 aliphatic heterocycles. The van der Waals surface area contributed by atoms with Crippen molar-refractivity contribution in [3.05, 3.63) is 41.3 Å². The lowest BCUT2D eigenvalue weighted by atomic mass is 10.1. The molecule has 0 aliphatic carbocycles. The average Bonchev–Trinajstić information content (AvgIpc) is 2.89. The average molecular weight is 306 g/mol. The Kier molecular flexibility index (Phi) is 5.66. The fourth-order valence-electron chi connectivity index (χ4n) is 2.07. The molecule has 0 fully saturated rings. The van der Waals surface area contributed by atoms with Gasteiger partial charge >= 0.3 is 0 Å². The number of nitrogens with one attached hydrogen (secondary N) is 1. The third kappa shape index (κ3) is 3.92. The Balaban J connectivity index is 2.10. The molecule has 1 aromatic carbocycles. The van der Waals surface area contributed by atoms with Gasteiger partial charge < -0.3 is 14.6 Å². The van der Waals surface area contributed by atoms with Crippen molar-refractivity contribution in [3.8, 4) is 11.3 Å². The van der Waals surface area contributed by atoms with Crippen LogP contribution in [0.4, 0.5) is 4.39 Å². The zero-order valence-corrected chi connectivity index (χ0v) is 12.7. The molecule has 1 N–H and O–H groups in total. The van der Waals surface area contributed by atoms with Crippen LogP contribution in [0.15, 0.2) is 28.8 Å². The van der Waals surface area contributed by atoms with Gasteiger partial charge in [-0.15, -0.1) is 0 Å². The summed E-state index contributed by atoms with van der Waals surface area (Å²) in [4.78, 5) is 12.3. The summed E-state index contributed by atoms with van der Waals surface area (Å²) < 4.78 is 23.7. The van der Waals surface area contributed by atoms with Crippen molar-refractivity contribution in [1.82, 2.24) is 10.5 Å². The van der Waals surface area contributed by atoms with E-state index in [1.807, 2.05) is 6.92 Å². The van der Waals surface area contributed by atoms with Crippen molar-refractivity contribution in [3.63, 3.8) is 0 Å². The molecule has 0 bridgehead atoms. The molecule has 1 amide bonds. The molecule has 2 rings (SSSR count). The normalized spacial score (nSPS) is 10.7. The first-order valence-corrected chi connectivity index (χ1v) is 7.21. The SMILES string of the molecule is CCOCCCNC(=O)c1c(C)noc1-c1cccc(F)c1. The summed E-state index contributed by atoms with van der Waals surface area (Å²) in [5.74, 6) is -0.400. The van der Waals surface area contributed by atoms with Gasteiger partial charge in [0, 0.05) is 25.3 Å². The van der Waals surface area contributed by atoms with E-state index in [9.17, 15) is 9.18 Å². The third-order valence-electron chi connectivity index (χ3n) is 3.13. The zero-order valence-electron chi connectivity index (χ0n) is 12.7. The second-order valence-corrected chi connectivity index (χ2v) is 4.79. The summed E-state index contributed by atoms with van der Waals surface area (Å²) in [7, 11) is 0. The van der Waals surface area contributed by atoms with E-state index < -0.39 is 5.82 Å². The van der Waals surface area contributed by atoms with Crippen LogP contribution in [-0.2, 0) is 4.74 Å². The van der Waals surface area contributed by atoms with Gasteiger partial charge in [-0.3, -0.25) is 4.79 Å². The van der Waals surface area contributed by atoms with Gasteiger partial charge in [0.2, 0.25) is 0 Å². The molecule has 1 aromatic heterocycles. The highest BCUT2D eigenvalue weighted by atomic mass is 19.1. The summed E-state index contributed by atoms with van der Waals surface area (Å²) >= 11 is 0. The second-order valence-electron chi connectivity index (χ2n) is 4.79. The number of carbonyl (C=O) groups excluding carboxylic acids is 1. The Bertz CT molecular complexity index is 640. The molecule has 22 heavy (non-hydrogen) atoms. The van der Waals surface area contributed by atoms with Gasteiger partial charge in [-0.1, -0.05) is 17.3 Å². The second kappa shape index (κ2) is 7.70. The van der Waals surface area contributed by atoms with Crippen LogP contribution in [0, 0.1) is 12.7 Å². The van der Waals surface area contributed by atoms with Gasteiger partial charge in [-0.2, -0.15) is 0 Å². The molecule has 0 aliphatic rings. The van der Waals surface area contributed by atoms with E-state index in [0.717, 1.165) is 6.42 Å². The molecule has 0 atom stereocenters. The van der Waals surface area contributed by atoms with E-state index in [1.54, 1.807) is 19.1 Å². The van der Waals surface area contributed by atoms with E-state index in [2.05, 4.69) is 10.5 Å². The summed E-state index contributed by atoms with van der Waals surface area (Å²) in [6.07, 6.45) is 0.721. The number of rotatable bonds is 7. The first-order valence-electron chi connectivity index (χ1n) is 7.21. The molecular formula is C16H19FN2O3. The minimum Gasteiger partial charge on any atom is -0.382 e.